The number of benzene rings is 3. The molecule has 0 aromatic heterocycles. The second kappa shape index (κ2) is 8.08. The maximum Gasteiger partial charge on any atom is 0.244 e. The van der Waals surface area contributed by atoms with Crippen molar-refractivity contribution in [1.29, 1.82) is 0 Å². The summed E-state index contributed by atoms with van der Waals surface area (Å²) in [4.78, 5) is -0.0626. The van der Waals surface area contributed by atoms with Gasteiger partial charge in [-0.25, -0.2) is 12.8 Å². The molecule has 7 heteroatoms. The van der Waals surface area contributed by atoms with Crippen LogP contribution in [0.1, 0.15) is 22.7 Å². The Labute approximate surface area is 175 Å². The van der Waals surface area contributed by atoms with E-state index < -0.39 is 21.9 Å². The second-order valence-corrected chi connectivity index (χ2v) is 8.93. The van der Waals surface area contributed by atoms with Crippen molar-refractivity contribution in [3.8, 4) is 11.5 Å². The second-order valence-electron chi connectivity index (χ2n) is 7.04. The molecule has 1 heterocycles. The van der Waals surface area contributed by atoms with Gasteiger partial charge >= 0.3 is 0 Å². The molecule has 0 radical (unpaired) electrons. The van der Waals surface area contributed by atoms with E-state index in [0.29, 0.717) is 17.9 Å². The van der Waals surface area contributed by atoms with E-state index in [-0.39, 0.29) is 11.4 Å². The minimum atomic E-state index is -3.94. The van der Waals surface area contributed by atoms with Gasteiger partial charge in [-0.05, 0) is 53.4 Å². The number of hydrogen-bond donors (Lipinski definition) is 0. The molecule has 3 aromatic rings. The average Bonchev–Trinajstić information content (AvgIpc) is 2.77. The zero-order chi connectivity index (χ0) is 21.3. The highest BCUT2D eigenvalue weighted by atomic mass is 32.2. The Bertz CT molecular complexity index is 1170. The van der Waals surface area contributed by atoms with Gasteiger partial charge in [0.1, 0.15) is 5.82 Å². The Morgan fingerprint density at radius 2 is 1.63 bits per heavy atom. The molecule has 3 aromatic carbocycles. The molecule has 0 N–H and O–H groups in total. The Hall–Kier alpha value is -2.90. The van der Waals surface area contributed by atoms with Crippen LogP contribution in [0.2, 0.25) is 0 Å². The van der Waals surface area contributed by atoms with Gasteiger partial charge in [-0.2, -0.15) is 4.31 Å². The first-order valence-electron chi connectivity index (χ1n) is 9.53. The lowest BCUT2D eigenvalue weighted by Crippen LogP contribution is -2.40. The van der Waals surface area contributed by atoms with Crippen LogP contribution in [0.4, 0.5) is 4.39 Å². The number of methoxy groups -OCH3 is 2. The molecular weight excluding hydrogens is 405 g/mol. The van der Waals surface area contributed by atoms with Crippen LogP contribution < -0.4 is 9.47 Å². The summed E-state index contributed by atoms with van der Waals surface area (Å²) >= 11 is 0. The van der Waals surface area contributed by atoms with E-state index in [1.807, 2.05) is 42.5 Å². The first-order chi connectivity index (χ1) is 14.5. The van der Waals surface area contributed by atoms with Gasteiger partial charge < -0.3 is 9.47 Å². The van der Waals surface area contributed by atoms with Gasteiger partial charge in [-0.1, -0.05) is 36.4 Å². The predicted octanol–water partition coefficient (Wildman–Crippen LogP) is 4.18. The van der Waals surface area contributed by atoms with Crippen LogP contribution >= 0.6 is 0 Å². The SMILES string of the molecule is COc1cc2c(cc1OC)C(c1ccccc1)N(S(=O)(=O)c1cccc(F)c1)CC2. The van der Waals surface area contributed by atoms with Gasteiger partial charge in [-0.3, -0.25) is 0 Å². The Morgan fingerprint density at radius 3 is 2.30 bits per heavy atom. The van der Waals surface area contributed by atoms with Crippen molar-refractivity contribution in [2.75, 3.05) is 20.8 Å². The van der Waals surface area contributed by atoms with Crippen molar-refractivity contribution in [2.45, 2.75) is 17.4 Å². The van der Waals surface area contributed by atoms with Crippen molar-refractivity contribution < 1.29 is 22.3 Å². The molecule has 0 saturated heterocycles. The van der Waals surface area contributed by atoms with E-state index in [1.54, 1.807) is 14.2 Å². The van der Waals surface area contributed by atoms with Gasteiger partial charge in [0.15, 0.2) is 11.5 Å². The summed E-state index contributed by atoms with van der Waals surface area (Å²) in [7, 11) is -0.819. The summed E-state index contributed by atoms with van der Waals surface area (Å²) < 4.78 is 53.1. The van der Waals surface area contributed by atoms with Crippen LogP contribution in [0, 0.1) is 5.82 Å². The van der Waals surface area contributed by atoms with Crippen LogP contribution in [0.3, 0.4) is 0 Å². The topological polar surface area (TPSA) is 55.8 Å². The molecule has 156 valence electrons. The number of rotatable bonds is 5. The van der Waals surface area contributed by atoms with Crippen LogP contribution in [0.25, 0.3) is 0 Å². The van der Waals surface area contributed by atoms with E-state index in [0.717, 1.165) is 22.8 Å². The number of ether oxygens (including phenoxy) is 2. The lowest BCUT2D eigenvalue weighted by Gasteiger charge is -2.37. The standard InChI is InChI=1S/C23H22FNO4S/c1-28-21-13-17-11-12-25(30(26,27)19-10-6-9-18(24)14-19)23(16-7-4-3-5-8-16)20(17)15-22(21)29-2/h3-10,13-15,23H,11-12H2,1-2H3. The monoisotopic (exact) mass is 427 g/mol. The number of nitrogens with zero attached hydrogens (tertiary/aromatic N) is 1. The summed E-state index contributed by atoms with van der Waals surface area (Å²) in [5.41, 5.74) is 2.64. The molecule has 0 spiro atoms. The fourth-order valence-corrected chi connectivity index (χ4v) is 5.55. The zero-order valence-corrected chi connectivity index (χ0v) is 17.5. The summed E-state index contributed by atoms with van der Waals surface area (Å²) in [5.74, 6) is 0.544. The van der Waals surface area contributed by atoms with Crippen LogP contribution in [0.15, 0.2) is 71.6 Å². The highest BCUT2D eigenvalue weighted by Crippen LogP contribution is 2.43. The number of hydrogen-bond acceptors (Lipinski definition) is 4. The minimum Gasteiger partial charge on any atom is -0.493 e. The molecule has 0 saturated carbocycles. The van der Waals surface area contributed by atoms with E-state index in [9.17, 15) is 12.8 Å². The lowest BCUT2D eigenvalue weighted by atomic mass is 9.89. The number of fused-ring (bicyclic) bond motifs is 1. The molecule has 30 heavy (non-hydrogen) atoms. The van der Waals surface area contributed by atoms with Gasteiger partial charge in [0, 0.05) is 6.54 Å². The molecule has 0 aliphatic carbocycles. The van der Waals surface area contributed by atoms with Gasteiger partial charge in [-0.15, -0.1) is 0 Å². The number of sulfonamides is 1. The maximum absolute atomic E-state index is 13.8. The smallest absolute Gasteiger partial charge is 0.244 e. The Balaban J connectivity index is 1.90. The Morgan fingerprint density at radius 1 is 0.933 bits per heavy atom. The molecule has 4 rings (SSSR count). The molecular formula is C23H22FNO4S. The largest absolute Gasteiger partial charge is 0.493 e. The van der Waals surface area contributed by atoms with Gasteiger partial charge in [0.25, 0.3) is 0 Å². The third-order valence-electron chi connectivity index (χ3n) is 5.35. The van der Waals surface area contributed by atoms with E-state index in [4.69, 9.17) is 9.47 Å². The van der Waals surface area contributed by atoms with E-state index in [2.05, 4.69) is 0 Å². The molecule has 0 amide bonds. The quantitative estimate of drug-likeness (QED) is 0.613. The molecule has 0 bridgehead atoms. The van der Waals surface area contributed by atoms with Gasteiger partial charge in [0.05, 0.1) is 25.2 Å². The molecule has 5 nitrogen and oxygen atoms in total. The lowest BCUT2D eigenvalue weighted by molar-refractivity contribution is 0.332. The summed E-state index contributed by atoms with van der Waals surface area (Å²) in [6.45, 7) is 0.265. The van der Waals surface area contributed by atoms with Crippen molar-refractivity contribution in [1.82, 2.24) is 4.31 Å². The first-order valence-corrected chi connectivity index (χ1v) is 11.0. The third kappa shape index (κ3) is 3.55. The fraction of sp³-hybridized carbons (Fsp3) is 0.217. The average molecular weight is 427 g/mol. The maximum atomic E-state index is 13.8. The third-order valence-corrected chi connectivity index (χ3v) is 7.21. The van der Waals surface area contributed by atoms with E-state index in [1.165, 1.54) is 22.5 Å². The van der Waals surface area contributed by atoms with Crippen LogP contribution in [0.5, 0.6) is 11.5 Å². The summed E-state index contributed by atoms with van der Waals surface area (Å²) in [6, 6.07) is 17.7. The van der Waals surface area contributed by atoms with Crippen molar-refractivity contribution >= 4 is 10.0 Å². The highest BCUT2D eigenvalue weighted by Gasteiger charge is 2.38. The normalized spacial score (nSPS) is 16.7. The molecule has 1 atom stereocenters. The first kappa shape index (κ1) is 20.4. The zero-order valence-electron chi connectivity index (χ0n) is 16.7. The van der Waals surface area contributed by atoms with Crippen LogP contribution in [-0.2, 0) is 16.4 Å². The highest BCUT2D eigenvalue weighted by molar-refractivity contribution is 7.89. The molecule has 1 aliphatic rings. The van der Waals surface area contributed by atoms with Crippen molar-refractivity contribution in [3.05, 3.63) is 89.2 Å². The molecule has 0 fully saturated rings. The van der Waals surface area contributed by atoms with Gasteiger partial charge in [0.2, 0.25) is 10.0 Å². The van der Waals surface area contributed by atoms with Crippen molar-refractivity contribution in [3.63, 3.8) is 0 Å². The Kier molecular flexibility index (Phi) is 5.49. The summed E-state index contributed by atoms with van der Waals surface area (Å²) in [6.07, 6.45) is 0.508. The molecule has 1 aliphatic heterocycles. The minimum absolute atomic E-state index is 0.0626. The predicted molar refractivity (Wildman–Crippen MR) is 112 cm³/mol. The fourth-order valence-electron chi connectivity index (χ4n) is 3.93. The molecule has 1 unspecified atom stereocenters. The summed E-state index contributed by atoms with van der Waals surface area (Å²) in [5, 5.41) is 0. The van der Waals surface area contributed by atoms with Crippen LogP contribution in [-0.4, -0.2) is 33.5 Å². The van der Waals surface area contributed by atoms with E-state index >= 15 is 0 Å². The van der Waals surface area contributed by atoms with Crippen molar-refractivity contribution in [2.24, 2.45) is 0 Å². The number of halogens is 1.